The summed E-state index contributed by atoms with van der Waals surface area (Å²) in [5.74, 6) is -0.580. The fourth-order valence-corrected chi connectivity index (χ4v) is 3.28. The molecule has 0 spiro atoms. The quantitative estimate of drug-likeness (QED) is 0.720. The van der Waals surface area contributed by atoms with E-state index in [-0.39, 0.29) is 17.9 Å². The smallest absolute Gasteiger partial charge is 0.359 e. The zero-order valence-electron chi connectivity index (χ0n) is 14.1. The number of hydrogen-bond donors (Lipinski definition) is 1. The van der Waals surface area contributed by atoms with Crippen LogP contribution in [0.15, 0.2) is 34.4 Å². The van der Waals surface area contributed by atoms with Crippen LogP contribution >= 0.6 is 11.3 Å². The Morgan fingerprint density at radius 3 is 2.60 bits per heavy atom. The van der Waals surface area contributed by atoms with E-state index in [1.54, 1.807) is 24.4 Å². The highest BCUT2D eigenvalue weighted by molar-refractivity contribution is 7.15. The predicted molar refractivity (Wildman–Crippen MR) is 99.9 cm³/mol. The number of hydrogen-bond acceptors (Lipinski definition) is 7. The van der Waals surface area contributed by atoms with Gasteiger partial charge in [-0.3, -0.25) is 4.79 Å². The van der Waals surface area contributed by atoms with Gasteiger partial charge in [0.25, 0.3) is 5.56 Å². The van der Waals surface area contributed by atoms with E-state index in [0.717, 1.165) is 5.69 Å². The van der Waals surface area contributed by atoms with Crippen LogP contribution < -0.4 is 16.2 Å². The molecular weight excluding hydrogens is 340 g/mol. The number of thiophene rings is 1. The maximum Gasteiger partial charge on any atom is 0.359 e. The molecule has 0 bridgehead atoms. The predicted octanol–water partition coefficient (Wildman–Crippen LogP) is 2.27. The highest BCUT2D eigenvalue weighted by Crippen LogP contribution is 2.28. The van der Waals surface area contributed by atoms with Crippen molar-refractivity contribution in [2.75, 3.05) is 31.3 Å². The lowest BCUT2D eigenvalue weighted by Crippen LogP contribution is -2.25. The van der Waals surface area contributed by atoms with Crippen LogP contribution in [0.4, 0.5) is 10.7 Å². The summed E-state index contributed by atoms with van der Waals surface area (Å²) in [6.07, 6.45) is 0. The maximum atomic E-state index is 12.8. The molecule has 0 aliphatic rings. The number of esters is 1. The van der Waals surface area contributed by atoms with Crippen molar-refractivity contribution in [3.63, 3.8) is 0 Å². The van der Waals surface area contributed by atoms with Crippen LogP contribution in [0.25, 0.3) is 16.5 Å². The third-order valence-corrected chi connectivity index (χ3v) is 4.57. The zero-order valence-corrected chi connectivity index (χ0v) is 15.0. The lowest BCUT2D eigenvalue weighted by atomic mass is 10.2. The number of nitrogens with zero attached hydrogens (tertiary/aromatic N) is 3. The number of benzene rings is 1. The van der Waals surface area contributed by atoms with Crippen molar-refractivity contribution in [3.05, 3.63) is 45.7 Å². The van der Waals surface area contributed by atoms with Gasteiger partial charge in [0.15, 0.2) is 5.69 Å². The van der Waals surface area contributed by atoms with Gasteiger partial charge in [-0.25, -0.2) is 4.79 Å². The molecule has 0 fully saturated rings. The van der Waals surface area contributed by atoms with E-state index >= 15 is 0 Å². The molecule has 1 aromatic carbocycles. The first-order valence-electron chi connectivity index (χ1n) is 7.69. The van der Waals surface area contributed by atoms with E-state index in [1.807, 2.05) is 31.1 Å². The van der Waals surface area contributed by atoms with E-state index in [0.29, 0.717) is 21.5 Å². The second kappa shape index (κ2) is 6.56. The topological polar surface area (TPSA) is 90.5 Å². The van der Waals surface area contributed by atoms with Crippen molar-refractivity contribution in [3.8, 4) is 5.69 Å². The van der Waals surface area contributed by atoms with E-state index in [1.165, 1.54) is 16.0 Å². The minimum atomic E-state index is -0.580. The number of aromatic nitrogens is 2. The minimum absolute atomic E-state index is 0.0843. The average Bonchev–Trinajstić information content (AvgIpc) is 2.98. The first-order valence-corrected chi connectivity index (χ1v) is 8.57. The minimum Gasteiger partial charge on any atom is -0.461 e. The zero-order chi connectivity index (χ0) is 18.1. The second-order valence-corrected chi connectivity index (χ2v) is 6.50. The Hall–Kier alpha value is -2.87. The summed E-state index contributed by atoms with van der Waals surface area (Å²) in [5.41, 5.74) is 7.21. The molecule has 0 radical (unpaired) electrons. The Labute approximate surface area is 148 Å². The molecule has 25 heavy (non-hydrogen) atoms. The first-order chi connectivity index (χ1) is 11.9. The van der Waals surface area contributed by atoms with Crippen molar-refractivity contribution < 1.29 is 9.53 Å². The summed E-state index contributed by atoms with van der Waals surface area (Å²) in [6.45, 7) is 1.94. The Kier molecular flexibility index (Phi) is 4.45. The lowest BCUT2D eigenvalue weighted by Gasteiger charge is -2.13. The third-order valence-electron chi connectivity index (χ3n) is 3.76. The highest BCUT2D eigenvalue weighted by Gasteiger charge is 2.21. The van der Waals surface area contributed by atoms with E-state index in [2.05, 4.69) is 5.10 Å². The molecule has 3 rings (SSSR count). The van der Waals surface area contributed by atoms with E-state index < -0.39 is 5.97 Å². The van der Waals surface area contributed by atoms with Gasteiger partial charge in [0.05, 0.1) is 22.7 Å². The van der Waals surface area contributed by atoms with Crippen molar-refractivity contribution in [2.24, 2.45) is 0 Å². The molecule has 130 valence electrons. The number of nitrogens with two attached hydrogens (primary N) is 1. The lowest BCUT2D eigenvalue weighted by molar-refractivity contribution is 0.0520. The summed E-state index contributed by atoms with van der Waals surface area (Å²) in [6, 6.07) is 7.28. The standard InChI is InChI=1S/C17H18N4O3S/c1-4-24-17(23)14-12-9-25-15(18)13(12)16(22)21(19-14)11-7-5-10(6-8-11)20(2)3/h5-9H,4,18H2,1-3H3. The molecule has 0 amide bonds. The molecule has 0 saturated heterocycles. The van der Waals surface area contributed by atoms with Crippen LogP contribution in [0.3, 0.4) is 0 Å². The Morgan fingerprint density at radius 2 is 2.00 bits per heavy atom. The number of rotatable bonds is 4. The largest absolute Gasteiger partial charge is 0.461 e. The molecule has 2 aromatic heterocycles. The molecule has 2 N–H and O–H groups in total. The van der Waals surface area contributed by atoms with Gasteiger partial charge in [-0.1, -0.05) is 0 Å². The number of carbonyl (C=O) groups is 1. The van der Waals surface area contributed by atoms with Crippen LogP contribution in [-0.2, 0) is 4.74 Å². The van der Waals surface area contributed by atoms with Gasteiger partial charge >= 0.3 is 5.97 Å². The van der Waals surface area contributed by atoms with Crippen molar-refractivity contribution in [1.29, 1.82) is 0 Å². The Balaban J connectivity index is 2.24. The van der Waals surface area contributed by atoms with Crippen molar-refractivity contribution >= 4 is 38.8 Å². The van der Waals surface area contributed by atoms with Crippen LogP contribution in [0, 0.1) is 0 Å². The number of nitrogen functional groups attached to an aromatic ring is 1. The Bertz CT molecular complexity index is 990. The summed E-state index contributed by atoms with van der Waals surface area (Å²) < 4.78 is 6.26. The summed E-state index contributed by atoms with van der Waals surface area (Å²) in [5, 5.41) is 6.97. The fraction of sp³-hybridized carbons (Fsp3) is 0.235. The number of ether oxygens (including phenoxy) is 1. The van der Waals surface area contributed by atoms with Gasteiger partial charge in [0.2, 0.25) is 0 Å². The first kappa shape index (κ1) is 17.0. The van der Waals surface area contributed by atoms with Crippen molar-refractivity contribution in [1.82, 2.24) is 9.78 Å². The SMILES string of the molecule is CCOC(=O)c1nn(-c2ccc(N(C)C)cc2)c(=O)c2c(N)scc12. The maximum absolute atomic E-state index is 12.8. The highest BCUT2D eigenvalue weighted by atomic mass is 32.1. The van der Waals surface area contributed by atoms with Crippen LogP contribution in [0.1, 0.15) is 17.4 Å². The van der Waals surface area contributed by atoms with Gasteiger partial charge in [-0.2, -0.15) is 9.78 Å². The van der Waals surface area contributed by atoms with Gasteiger partial charge in [-0.15, -0.1) is 11.3 Å². The molecule has 8 heteroatoms. The normalized spacial score (nSPS) is 10.8. The Morgan fingerprint density at radius 1 is 1.32 bits per heavy atom. The molecule has 3 aromatic rings. The number of carbonyl (C=O) groups excluding carboxylic acids is 1. The molecule has 0 aliphatic carbocycles. The van der Waals surface area contributed by atoms with Crippen LogP contribution in [-0.4, -0.2) is 36.5 Å². The van der Waals surface area contributed by atoms with Gasteiger partial charge in [-0.05, 0) is 31.2 Å². The monoisotopic (exact) mass is 358 g/mol. The van der Waals surface area contributed by atoms with Crippen molar-refractivity contribution in [2.45, 2.75) is 6.92 Å². The second-order valence-electron chi connectivity index (χ2n) is 5.59. The summed E-state index contributed by atoms with van der Waals surface area (Å²) in [7, 11) is 3.85. The molecule has 2 heterocycles. The molecule has 0 aliphatic heterocycles. The summed E-state index contributed by atoms with van der Waals surface area (Å²) in [4.78, 5) is 27.0. The molecular formula is C17H18N4O3S. The van der Waals surface area contributed by atoms with Crippen LogP contribution in [0.2, 0.25) is 0 Å². The van der Waals surface area contributed by atoms with E-state index in [9.17, 15) is 9.59 Å². The average molecular weight is 358 g/mol. The number of fused-ring (bicyclic) bond motifs is 1. The van der Waals surface area contributed by atoms with Gasteiger partial charge in [0.1, 0.15) is 0 Å². The molecule has 7 nitrogen and oxygen atoms in total. The van der Waals surface area contributed by atoms with Gasteiger partial charge < -0.3 is 15.4 Å². The summed E-state index contributed by atoms with van der Waals surface area (Å²) >= 11 is 1.20. The molecule has 0 saturated carbocycles. The van der Waals surface area contributed by atoms with Crippen LogP contribution in [0.5, 0.6) is 0 Å². The van der Waals surface area contributed by atoms with E-state index in [4.69, 9.17) is 10.5 Å². The third kappa shape index (κ3) is 2.96. The number of anilines is 2. The molecule has 0 atom stereocenters. The fourth-order valence-electron chi connectivity index (χ4n) is 2.49. The van der Waals surface area contributed by atoms with Gasteiger partial charge in [0, 0.05) is 30.5 Å². The molecule has 0 unspecified atom stereocenters.